The second kappa shape index (κ2) is 12.9. The smallest absolute Gasteiger partial charge is 0.325 e. The van der Waals surface area contributed by atoms with Gasteiger partial charge in [-0.05, 0) is 86.6 Å². The van der Waals surface area contributed by atoms with Gasteiger partial charge in [0.25, 0.3) is 5.91 Å². The Bertz CT molecular complexity index is 1260. The highest BCUT2D eigenvalue weighted by atomic mass is 32.2. The van der Waals surface area contributed by atoms with Crippen LogP contribution in [0.15, 0.2) is 57.8 Å². The predicted molar refractivity (Wildman–Crippen MR) is 140 cm³/mol. The molecule has 0 spiro atoms. The lowest BCUT2D eigenvalue weighted by atomic mass is 10.0. The minimum absolute atomic E-state index is 0.0824. The highest BCUT2D eigenvalue weighted by Gasteiger charge is 2.30. The number of nitrogens with zero attached hydrogens (tertiary/aromatic N) is 1. The maximum absolute atomic E-state index is 13.8. The molecule has 0 radical (unpaired) electrons. The van der Waals surface area contributed by atoms with Crippen LogP contribution in [0.5, 0.6) is 5.75 Å². The van der Waals surface area contributed by atoms with Crippen molar-refractivity contribution < 1.29 is 32.3 Å². The molecular weight excluding hydrogens is 514 g/mol. The van der Waals surface area contributed by atoms with E-state index in [1.165, 1.54) is 28.8 Å². The van der Waals surface area contributed by atoms with Crippen LogP contribution in [0.25, 0.3) is 11.1 Å². The van der Waals surface area contributed by atoms with Crippen LogP contribution in [0, 0.1) is 11.6 Å². The molecule has 0 unspecified atom stereocenters. The summed E-state index contributed by atoms with van der Waals surface area (Å²) in [6.45, 7) is 3.45. The van der Waals surface area contributed by atoms with Gasteiger partial charge in [0.2, 0.25) is 0 Å². The quantitative estimate of drug-likeness (QED) is 0.275. The van der Waals surface area contributed by atoms with Gasteiger partial charge < -0.3 is 24.1 Å². The molecule has 0 atom stereocenters. The molecule has 0 bridgehead atoms. The van der Waals surface area contributed by atoms with E-state index in [1.54, 1.807) is 49.6 Å². The van der Waals surface area contributed by atoms with Crippen LogP contribution in [0.1, 0.15) is 36.1 Å². The van der Waals surface area contributed by atoms with E-state index in [1.807, 2.05) is 0 Å². The molecule has 10 heteroatoms. The van der Waals surface area contributed by atoms with Gasteiger partial charge in [-0.1, -0.05) is 12.1 Å². The fourth-order valence-electron chi connectivity index (χ4n) is 4.35. The van der Waals surface area contributed by atoms with Crippen LogP contribution in [-0.4, -0.2) is 55.3 Å². The normalized spacial score (nSPS) is 13.8. The molecule has 0 aliphatic carbocycles. The number of ether oxygens (including phenoxy) is 2. The van der Waals surface area contributed by atoms with Crippen molar-refractivity contribution in [2.75, 3.05) is 32.5 Å². The van der Waals surface area contributed by atoms with Crippen molar-refractivity contribution in [3.8, 4) is 16.9 Å². The molecule has 7 nitrogen and oxygen atoms in total. The molecular formula is C28H30F2N2O5S. The minimum atomic E-state index is -0.901. The van der Waals surface area contributed by atoms with E-state index >= 15 is 0 Å². The van der Waals surface area contributed by atoms with E-state index in [0.717, 1.165) is 31.5 Å². The topological polar surface area (TPSA) is 81.0 Å². The van der Waals surface area contributed by atoms with E-state index in [4.69, 9.17) is 13.9 Å². The van der Waals surface area contributed by atoms with E-state index in [0.29, 0.717) is 22.0 Å². The number of furan rings is 1. The molecule has 3 aromatic rings. The molecule has 2 aromatic carbocycles. The predicted octanol–water partition coefficient (Wildman–Crippen LogP) is 5.28. The molecule has 1 fully saturated rings. The van der Waals surface area contributed by atoms with Crippen LogP contribution >= 0.6 is 11.8 Å². The molecule has 1 amide bonds. The molecule has 4 rings (SSSR count). The van der Waals surface area contributed by atoms with Gasteiger partial charge in [0.1, 0.15) is 24.7 Å². The Hall–Kier alpha value is -3.37. The minimum Gasteiger partial charge on any atom is -0.486 e. The van der Waals surface area contributed by atoms with Crippen LogP contribution in [0.2, 0.25) is 0 Å². The largest absolute Gasteiger partial charge is 0.486 e. The molecule has 38 heavy (non-hydrogen) atoms. The van der Waals surface area contributed by atoms with Gasteiger partial charge in [-0.3, -0.25) is 9.59 Å². The van der Waals surface area contributed by atoms with Crippen LogP contribution < -0.4 is 10.1 Å². The third-order valence-electron chi connectivity index (χ3n) is 6.28. The monoisotopic (exact) mass is 544 g/mol. The Morgan fingerprint density at radius 1 is 1.08 bits per heavy atom. The molecule has 1 N–H and O–H groups in total. The van der Waals surface area contributed by atoms with Crippen molar-refractivity contribution in [3.63, 3.8) is 0 Å². The molecule has 1 aromatic heterocycles. The van der Waals surface area contributed by atoms with E-state index in [2.05, 4.69) is 5.32 Å². The fourth-order valence-corrected chi connectivity index (χ4v) is 4.97. The summed E-state index contributed by atoms with van der Waals surface area (Å²) in [5, 5.41) is 3.26. The number of esters is 1. The summed E-state index contributed by atoms with van der Waals surface area (Å²) in [5.74, 6) is -1.47. The van der Waals surface area contributed by atoms with Gasteiger partial charge in [-0.25, -0.2) is 8.78 Å². The van der Waals surface area contributed by atoms with Gasteiger partial charge in [-0.15, -0.1) is 11.8 Å². The van der Waals surface area contributed by atoms with Gasteiger partial charge >= 0.3 is 5.97 Å². The maximum Gasteiger partial charge on any atom is 0.325 e. The van der Waals surface area contributed by atoms with Crippen LogP contribution in [0.4, 0.5) is 8.78 Å². The van der Waals surface area contributed by atoms with Crippen molar-refractivity contribution in [2.45, 2.75) is 37.3 Å². The van der Waals surface area contributed by atoms with Crippen LogP contribution in [0.3, 0.4) is 0 Å². The first-order valence-corrected chi connectivity index (χ1v) is 13.6. The highest BCUT2D eigenvalue weighted by molar-refractivity contribution is 7.98. The lowest BCUT2D eigenvalue weighted by molar-refractivity contribution is -0.144. The molecule has 1 saturated heterocycles. The second-order valence-corrected chi connectivity index (χ2v) is 9.61. The number of halogens is 2. The summed E-state index contributed by atoms with van der Waals surface area (Å²) in [6.07, 6.45) is 3.28. The molecule has 0 saturated carbocycles. The number of carbonyl (C=O) groups is 2. The van der Waals surface area contributed by atoms with Crippen molar-refractivity contribution in [1.82, 2.24) is 10.2 Å². The lowest BCUT2D eigenvalue weighted by Gasteiger charge is -2.33. The number of hydrogen-bond donors (Lipinski definition) is 1. The zero-order valence-corrected chi connectivity index (χ0v) is 22.1. The number of nitrogens with one attached hydrogen (secondary N) is 1. The summed E-state index contributed by atoms with van der Waals surface area (Å²) in [4.78, 5) is 27.6. The summed E-state index contributed by atoms with van der Waals surface area (Å²) >= 11 is 1.34. The molecule has 1 aliphatic heterocycles. The Morgan fingerprint density at radius 2 is 1.79 bits per heavy atom. The lowest BCUT2D eigenvalue weighted by Crippen LogP contribution is -2.48. The van der Waals surface area contributed by atoms with Crippen LogP contribution in [-0.2, 0) is 16.1 Å². The SMILES string of the molecule is CCOC(=O)CN(C(=O)c1ccc(COc2ccc(-c3cc(F)c(F)cc3SC)cc2)o1)C1CCNCC1. The first-order valence-electron chi connectivity index (χ1n) is 12.4. The zero-order valence-electron chi connectivity index (χ0n) is 21.3. The average Bonchev–Trinajstić information content (AvgIpc) is 3.41. The molecule has 2 heterocycles. The van der Waals surface area contributed by atoms with Gasteiger partial charge in [-0.2, -0.15) is 0 Å². The number of thioether (sulfide) groups is 1. The number of benzene rings is 2. The summed E-state index contributed by atoms with van der Waals surface area (Å²) in [7, 11) is 0. The standard InChI is InChI=1S/C28H30F2N2O5S/c1-3-35-27(33)16-32(19-10-12-31-13-11-19)28(34)25-9-8-21(37-25)17-36-20-6-4-18(5-7-20)22-14-23(29)24(30)15-26(22)38-2/h4-9,14-15,19,31H,3,10-13,16-17H2,1-2H3. The number of hydrogen-bond acceptors (Lipinski definition) is 7. The number of amides is 1. The summed E-state index contributed by atoms with van der Waals surface area (Å²) in [6, 6.07) is 12.5. The Balaban J connectivity index is 1.41. The van der Waals surface area contributed by atoms with E-state index in [9.17, 15) is 18.4 Å². The molecule has 1 aliphatic rings. The van der Waals surface area contributed by atoms with Crippen molar-refractivity contribution in [1.29, 1.82) is 0 Å². The Kier molecular flexibility index (Phi) is 9.41. The van der Waals surface area contributed by atoms with Gasteiger partial charge in [0.05, 0.1) is 6.61 Å². The van der Waals surface area contributed by atoms with E-state index < -0.39 is 17.6 Å². The van der Waals surface area contributed by atoms with Gasteiger partial charge in [0.15, 0.2) is 17.4 Å². The average molecular weight is 545 g/mol. The van der Waals surface area contributed by atoms with Crippen molar-refractivity contribution in [2.24, 2.45) is 0 Å². The Morgan fingerprint density at radius 3 is 2.47 bits per heavy atom. The zero-order chi connectivity index (χ0) is 27.1. The first-order chi connectivity index (χ1) is 18.4. The summed E-state index contributed by atoms with van der Waals surface area (Å²) < 4.78 is 44.0. The third kappa shape index (κ3) is 6.73. The number of piperidine rings is 1. The molecule has 202 valence electrons. The highest BCUT2D eigenvalue weighted by Crippen LogP contribution is 2.33. The van der Waals surface area contributed by atoms with Crippen molar-refractivity contribution >= 4 is 23.6 Å². The second-order valence-electron chi connectivity index (χ2n) is 8.76. The number of carbonyl (C=O) groups excluding carboxylic acids is 2. The van der Waals surface area contributed by atoms with Gasteiger partial charge in [0, 0.05) is 10.9 Å². The Labute approximate surface area is 224 Å². The van der Waals surface area contributed by atoms with E-state index in [-0.39, 0.29) is 37.5 Å². The maximum atomic E-state index is 13.8. The summed E-state index contributed by atoms with van der Waals surface area (Å²) in [5.41, 5.74) is 1.32. The number of rotatable bonds is 10. The first kappa shape index (κ1) is 27.7. The third-order valence-corrected chi connectivity index (χ3v) is 7.05. The fraction of sp³-hybridized carbons (Fsp3) is 0.357. The van der Waals surface area contributed by atoms with Crippen molar-refractivity contribution in [3.05, 3.63) is 71.7 Å².